The molecule has 3 rings (SSSR count). The Hall–Kier alpha value is -1.88. The number of benzene rings is 1. The van der Waals surface area contributed by atoms with Gasteiger partial charge in [-0.3, -0.25) is 9.59 Å². The van der Waals surface area contributed by atoms with Crippen LogP contribution in [0, 0.1) is 11.8 Å². The van der Waals surface area contributed by atoms with Crippen molar-refractivity contribution in [3.05, 3.63) is 24.3 Å². The largest absolute Gasteiger partial charge is 0.327 e. The number of carbonyl (C=O) groups is 2. The molecule has 2 amide bonds. The third-order valence-corrected chi connectivity index (χ3v) is 4.27. The van der Waals surface area contributed by atoms with E-state index < -0.39 is 0 Å². The number of hydrogen-bond acceptors (Lipinski definition) is 3. The van der Waals surface area contributed by atoms with Crippen LogP contribution in [0.4, 0.5) is 11.4 Å². The zero-order chi connectivity index (χ0) is 14.8. The molecule has 112 valence electrons. The second kappa shape index (κ2) is 5.85. The topological polar surface area (TPSA) is 84.2 Å². The van der Waals surface area contributed by atoms with Gasteiger partial charge in [-0.1, -0.05) is 6.42 Å². The molecule has 4 N–H and O–H groups in total. The molecular weight excluding hydrogens is 266 g/mol. The Morgan fingerprint density at radius 3 is 1.95 bits per heavy atom. The van der Waals surface area contributed by atoms with Crippen molar-refractivity contribution in [2.24, 2.45) is 17.6 Å². The SMILES string of the molecule is NC1CCCC1C(=O)Nc1ccc(NC(=O)C2CC2)cc1. The Kier molecular flexibility index (Phi) is 3.92. The molecule has 2 unspecified atom stereocenters. The lowest BCUT2D eigenvalue weighted by Gasteiger charge is -2.15. The summed E-state index contributed by atoms with van der Waals surface area (Å²) in [5, 5.41) is 5.77. The highest BCUT2D eigenvalue weighted by Crippen LogP contribution is 2.30. The van der Waals surface area contributed by atoms with Crippen LogP contribution in [0.15, 0.2) is 24.3 Å². The molecule has 0 bridgehead atoms. The van der Waals surface area contributed by atoms with E-state index in [1.165, 1.54) is 0 Å². The van der Waals surface area contributed by atoms with Crippen LogP contribution >= 0.6 is 0 Å². The summed E-state index contributed by atoms with van der Waals surface area (Å²) in [6.07, 6.45) is 4.78. The van der Waals surface area contributed by atoms with Crippen molar-refractivity contribution in [3.8, 4) is 0 Å². The van der Waals surface area contributed by atoms with Gasteiger partial charge >= 0.3 is 0 Å². The van der Waals surface area contributed by atoms with E-state index in [-0.39, 0.29) is 29.7 Å². The van der Waals surface area contributed by atoms with Gasteiger partial charge in [-0.15, -0.1) is 0 Å². The highest BCUT2D eigenvalue weighted by molar-refractivity contribution is 5.95. The maximum Gasteiger partial charge on any atom is 0.229 e. The number of hydrogen-bond donors (Lipinski definition) is 3. The number of anilines is 2. The molecule has 1 aromatic carbocycles. The maximum atomic E-state index is 12.1. The molecule has 0 spiro atoms. The molecule has 5 nitrogen and oxygen atoms in total. The van der Waals surface area contributed by atoms with Gasteiger partial charge in [0.1, 0.15) is 0 Å². The van der Waals surface area contributed by atoms with Gasteiger partial charge in [0.15, 0.2) is 0 Å². The lowest BCUT2D eigenvalue weighted by atomic mass is 10.0. The number of nitrogens with one attached hydrogen (secondary N) is 2. The highest BCUT2D eigenvalue weighted by atomic mass is 16.2. The lowest BCUT2D eigenvalue weighted by molar-refractivity contribution is -0.120. The Bertz CT molecular complexity index is 537. The first-order valence-corrected chi connectivity index (χ1v) is 7.61. The van der Waals surface area contributed by atoms with Crippen LogP contribution < -0.4 is 16.4 Å². The Balaban J connectivity index is 1.56. The molecule has 2 aliphatic carbocycles. The van der Waals surface area contributed by atoms with Gasteiger partial charge in [0.05, 0.1) is 5.92 Å². The summed E-state index contributed by atoms with van der Waals surface area (Å²) in [6.45, 7) is 0. The van der Waals surface area contributed by atoms with Gasteiger partial charge in [-0.2, -0.15) is 0 Å². The number of carbonyl (C=O) groups excluding carboxylic acids is 2. The summed E-state index contributed by atoms with van der Waals surface area (Å²) < 4.78 is 0. The van der Waals surface area contributed by atoms with E-state index in [9.17, 15) is 9.59 Å². The zero-order valence-electron chi connectivity index (χ0n) is 12.0. The van der Waals surface area contributed by atoms with E-state index in [1.54, 1.807) is 12.1 Å². The van der Waals surface area contributed by atoms with Crippen LogP contribution in [-0.2, 0) is 9.59 Å². The van der Waals surface area contributed by atoms with Crippen LogP contribution in [0.25, 0.3) is 0 Å². The van der Waals surface area contributed by atoms with Crippen molar-refractivity contribution in [1.29, 1.82) is 0 Å². The van der Waals surface area contributed by atoms with E-state index in [2.05, 4.69) is 10.6 Å². The van der Waals surface area contributed by atoms with Crippen molar-refractivity contribution < 1.29 is 9.59 Å². The van der Waals surface area contributed by atoms with E-state index in [1.807, 2.05) is 12.1 Å². The first-order valence-electron chi connectivity index (χ1n) is 7.61. The first kappa shape index (κ1) is 14.1. The van der Waals surface area contributed by atoms with Crippen molar-refractivity contribution in [2.75, 3.05) is 10.6 Å². The summed E-state index contributed by atoms with van der Waals surface area (Å²) in [7, 11) is 0. The monoisotopic (exact) mass is 287 g/mol. The van der Waals surface area contributed by atoms with E-state index in [0.29, 0.717) is 0 Å². The molecular formula is C16H21N3O2. The first-order chi connectivity index (χ1) is 10.1. The maximum absolute atomic E-state index is 12.1. The number of amides is 2. The predicted octanol–water partition coefficient (Wildman–Crippen LogP) is 2.10. The molecule has 0 radical (unpaired) electrons. The molecule has 21 heavy (non-hydrogen) atoms. The Morgan fingerprint density at radius 2 is 1.48 bits per heavy atom. The second-order valence-electron chi connectivity index (χ2n) is 6.03. The third-order valence-electron chi connectivity index (χ3n) is 4.27. The lowest BCUT2D eigenvalue weighted by Crippen LogP contribution is -2.34. The molecule has 0 heterocycles. The normalized spacial score (nSPS) is 24.6. The summed E-state index contributed by atoms with van der Waals surface area (Å²) >= 11 is 0. The second-order valence-corrected chi connectivity index (χ2v) is 6.03. The fraction of sp³-hybridized carbons (Fsp3) is 0.500. The highest BCUT2D eigenvalue weighted by Gasteiger charge is 2.30. The molecule has 2 aliphatic rings. The minimum Gasteiger partial charge on any atom is -0.327 e. The Morgan fingerprint density at radius 1 is 0.905 bits per heavy atom. The third kappa shape index (κ3) is 3.42. The van der Waals surface area contributed by atoms with Crippen LogP contribution in [0.2, 0.25) is 0 Å². The van der Waals surface area contributed by atoms with Gasteiger partial charge in [0.25, 0.3) is 0 Å². The fourth-order valence-corrected chi connectivity index (χ4v) is 2.78. The van der Waals surface area contributed by atoms with Crippen molar-refractivity contribution in [1.82, 2.24) is 0 Å². The van der Waals surface area contributed by atoms with Crippen LogP contribution in [0.5, 0.6) is 0 Å². The van der Waals surface area contributed by atoms with E-state index in [4.69, 9.17) is 5.73 Å². The van der Waals surface area contributed by atoms with Gasteiger partial charge in [-0.05, 0) is 49.9 Å². The minimum absolute atomic E-state index is 0.00485. The van der Waals surface area contributed by atoms with E-state index in [0.717, 1.165) is 43.5 Å². The average molecular weight is 287 g/mol. The minimum atomic E-state index is -0.0840. The summed E-state index contributed by atoms with van der Waals surface area (Å²) in [5.41, 5.74) is 7.44. The average Bonchev–Trinajstić information content (AvgIpc) is 3.23. The number of rotatable bonds is 4. The molecule has 2 atom stereocenters. The molecule has 2 saturated carbocycles. The Labute approximate surface area is 124 Å². The number of nitrogens with two attached hydrogens (primary N) is 1. The summed E-state index contributed by atoms with van der Waals surface area (Å²) in [5.74, 6) is 0.186. The molecule has 0 aromatic heterocycles. The van der Waals surface area contributed by atoms with Crippen molar-refractivity contribution in [2.45, 2.75) is 38.1 Å². The summed E-state index contributed by atoms with van der Waals surface area (Å²) in [4.78, 5) is 23.8. The van der Waals surface area contributed by atoms with Crippen molar-refractivity contribution >= 4 is 23.2 Å². The van der Waals surface area contributed by atoms with Crippen LogP contribution in [0.3, 0.4) is 0 Å². The molecule has 0 saturated heterocycles. The van der Waals surface area contributed by atoms with Crippen molar-refractivity contribution in [3.63, 3.8) is 0 Å². The zero-order valence-corrected chi connectivity index (χ0v) is 12.0. The fourth-order valence-electron chi connectivity index (χ4n) is 2.78. The van der Waals surface area contributed by atoms with Gasteiger partial charge < -0.3 is 16.4 Å². The van der Waals surface area contributed by atoms with Gasteiger partial charge in [0.2, 0.25) is 11.8 Å². The smallest absolute Gasteiger partial charge is 0.229 e. The predicted molar refractivity (Wildman–Crippen MR) is 81.7 cm³/mol. The molecule has 0 aliphatic heterocycles. The standard InChI is InChI=1S/C16H21N3O2/c17-14-3-1-2-13(14)16(21)19-12-8-6-11(7-9-12)18-15(20)10-4-5-10/h6-10,13-14H,1-5,17H2,(H,18,20)(H,19,21). The summed E-state index contributed by atoms with van der Waals surface area (Å²) in [6, 6.07) is 7.21. The van der Waals surface area contributed by atoms with Crippen LogP contribution in [-0.4, -0.2) is 17.9 Å². The molecule has 5 heteroatoms. The van der Waals surface area contributed by atoms with Gasteiger partial charge in [0, 0.05) is 23.3 Å². The van der Waals surface area contributed by atoms with Crippen LogP contribution in [0.1, 0.15) is 32.1 Å². The van der Waals surface area contributed by atoms with E-state index >= 15 is 0 Å². The van der Waals surface area contributed by atoms with Gasteiger partial charge in [-0.25, -0.2) is 0 Å². The molecule has 1 aromatic rings. The molecule has 2 fully saturated rings. The quantitative estimate of drug-likeness (QED) is 0.793.